The van der Waals surface area contributed by atoms with Crippen LogP contribution in [0.4, 0.5) is 5.69 Å². The van der Waals surface area contributed by atoms with E-state index in [9.17, 15) is 9.59 Å². The number of anilines is 1. The van der Waals surface area contributed by atoms with Gasteiger partial charge in [0.1, 0.15) is 18.5 Å². The topological polar surface area (TPSA) is 76.7 Å². The summed E-state index contributed by atoms with van der Waals surface area (Å²) in [4.78, 5) is 23.6. The maximum Gasteiger partial charge on any atom is 0.306 e. The third kappa shape index (κ3) is 6.50. The van der Waals surface area contributed by atoms with Crippen LogP contribution in [0.15, 0.2) is 18.2 Å². The van der Waals surface area contributed by atoms with Crippen LogP contribution in [0, 0.1) is 0 Å². The molecule has 0 bridgehead atoms. The number of ether oxygens (including phenoxy) is 2. The molecule has 1 aromatic carbocycles. The number of fused-ring (bicyclic) bond motifs is 1. The second-order valence-corrected chi connectivity index (χ2v) is 7.73. The van der Waals surface area contributed by atoms with Crippen molar-refractivity contribution in [3.63, 3.8) is 0 Å². The van der Waals surface area contributed by atoms with Crippen LogP contribution in [-0.4, -0.2) is 42.6 Å². The van der Waals surface area contributed by atoms with Crippen molar-refractivity contribution >= 4 is 29.2 Å². The van der Waals surface area contributed by atoms with Gasteiger partial charge in [0.25, 0.3) is 0 Å². The summed E-state index contributed by atoms with van der Waals surface area (Å²) in [6, 6.07) is 5.50. The van der Waals surface area contributed by atoms with Gasteiger partial charge in [-0.3, -0.25) is 9.59 Å². The van der Waals surface area contributed by atoms with E-state index in [0.29, 0.717) is 31.0 Å². The van der Waals surface area contributed by atoms with Crippen LogP contribution >= 0.6 is 11.6 Å². The number of rotatable bonds is 9. The number of carbonyl (C=O) groups excluding carboxylic acids is 2. The molecule has 144 valence electrons. The molecule has 2 N–H and O–H groups in total. The van der Waals surface area contributed by atoms with Gasteiger partial charge in [-0.15, -0.1) is 11.6 Å². The predicted molar refractivity (Wildman–Crippen MR) is 102 cm³/mol. The summed E-state index contributed by atoms with van der Waals surface area (Å²) in [6.07, 6.45) is 0.735. The van der Waals surface area contributed by atoms with E-state index in [0.717, 1.165) is 11.3 Å². The van der Waals surface area contributed by atoms with E-state index in [1.165, 1.54) is 0 Å². The summed E-state index contributed by atoms with van der Waals surface area (Å²) < 4.78 is 11.4. The Morgan fingerprint density at radius 1 is 1.38 bits per heavy atom. The van der Waals surface area contributed by atoms with Crippen molar-refractivity contribution < 1.29 is 19.1 Å². The summed E-state index contributed by atoms with van der Waals surface area (Å²) in [7, 11) is 0. The van der Waals surface area contributed by atoms with Gasteiger partial charge in [0, 0.05) is 35.6 Å². The molecule has 2 rings (SSSR count). The molecule has 1 unspecified atom stereocenters. The molecular formula is C19H27ClN2O4. The van der Waals surface area contributed by atoms with Gasteiger partial charge in [0.05, 0.1) is 6.42 Å². The van der Waals surface area contributed by atoms with Crippen LogP contribution in [0.3, 0.4) is 0 Å². The van der Waals surface area contributed by atoms with Crippen LogP contribution in [0.1, 0.15) is 39.2 Å². The van der Waals surface area contributed by atoms with Crippen LogP contribution in [0.2, 0.25) is 0 Å². The van der Waals surface area contributed by atoms with E-state index in [-0.39, 0.29) is 30.4 Å². The predicted octanol–water partition coefficient (Wildman–Crippen LogP) is 2.88. The lowest BCUT2D eigenvalue weighted by Crippen LogP contribution is -2.44. The van der Waals surface area contributed by atoms with E-state index in [1.807, 2.05) is 39.0 Å². The monoisotopic (exact) mass is 382 g/mol. The minimum absolute atomic E-state index is 0.0468. The summed E-state index contributed by atoms with van der Waals surface area (Å²) in [5.41, 5.74) is 1.51. The largest absolute Gasteiger partial charge is 0.489 e. The van der Waals surface area contributed by atoms with Crippen molar-refractivity contribution in [3.8, 4) is 5.75 Å². The van der Waals surface area contributed by atoms with Crippen LogP contribution in [0.5, 0.6) is 5.75 Å². The fraction of sp³-hybridized carbons (Fsp3) is 0.579. The lowest BCUT2D eigenvalue weighted by Gasteiger charge is -2.25. The number of hydrogen-bond acceptors (Lipinski definition) is 5. The molecule has 0 aliphatic carbocycles. The van der Waals surface area contributed by atoms with Gasteiger partial charge in [-0.25, -0.2) is 0 Å². The van der Waals surface area contributed by atoms with Gasteiger partial charge in [0.15, 0.2) is 0 Å². The molecule has 1 aliphatic heterocycles. The minimum Gasteiger partial charge on any atom is -0.489 e. The highest BCUT2D eigenvalue weighted by Crippen LogP contribution is 2.31. The third-order valence-electron chi connectivity index (χ3n) is 3.84. The van der Waals surface area contributed by atoms with Crippen molar-refractivity contribution in [2.45, 2.75) is 51.7 Å². The van der Waals surface area contributed by atoms with Gasteiger partial charge < -0.3 is 20.1 Å². The fourth-order valence-corrected chi connectivity index (χ4v) is 2.68. The Balaban J connectivity index is 1.98. The molecule has 0 saturated carbocycles. The number of alkyl halides is 1. The quantitative estimate of drug-likeness (QED) is 0.507. The maximum absolute atomic E-state index is 12.0. The Morgan fingerprint density at radius 2 is 2.15 bits per heavy atom. The summed E-state index contributed by atoms with van der Waals surface area (Å²) >= 11 is 5.63. The molecular weight excluding hydrogens is 356 g/mol. The lowest BCUT2D eigenvalue weighted by molar-refractivity contribution is -0.150. The van der Waals surface area contributed by atoms with Crippen molar-refractivity contribution in [1.29, 1.82) is 0 Å². The molecule has 1 heterocycles. The second-order valence-electron chi connectivity index (χ2n) is 7.35. The van der Waals surface area contributed by atoms with Crippen LogP contribution < -0.4 is 15.4 Å². The van der Waals surface area contributed by atoms with Gasteiger partial charge in [-0.05, 0) is 39.3 Å². The number of nitrogens with one attached hydrogen (secondary N) is 2. The first-order chi connectivity index (χ1) is 12.3. The average Bonchev–Trinajstić information content (AvgIpc) is 2.95. The number of benzene rings is 1. The van der Waals surface area contributed by atoms with E-state index < -0.39 is 6.10 Å². The second kappa shape index (κ2) is 9.24. The Hall–Kier alpha value is -1.79. The number of halogens is 1. The minimum atomic E-state index is -0.432. The van der Waals surface area contributed by atoms with Crippen LogP contribution in [-0.2, 0) is 20.7 Å². The first-order valence-corrected chi connectivity index (χ1v) is 9.37. The Bertz CT molecular complexity index is 643. The molecule has 6 nitrogen and oxygen atoms in total. The first-order valence-electron chi connectivity index (χ1n) is 8.83. The van der Waals surface area contributed by atoms with Gasteiger partial charge >= 0.3 is 5.97 Å². The number of esters is 1. The molecule has 0 radical (unpaired) electrons. The highest BCUT2D eigenvalue weighted by Gasteiger charge is 2.23. The standard InChI is InChI=1S/C19H27ClN2O4/c1-19(2,3)21-11-13(26-18(24)8-5-9-20)12-25-16-7-4-6-15-14(16)10-17(23)22-15/h4,6-7,13,21H,5,8-12H2,1-3H3,(H,22,23). The van der Waals surface area contributed by atoms with E-state index in [1.54, 1.807) is 0 Å². The first kappa shape index (κ1) is 20.5. The van der Waals surface area contributed by atoms with E-state index in [4.69, 9.17) is 21.1 Å². The summed E-state index contributed by atoms with van der Waals surface area (Å²) in [6.45, 7) is 6.81. The molecule has 0 aromatic heterocycles. The van der Waals surface area contributed by atoms with Crippen molar-refractivity contribution in [2.24, 2.45) is 0 Å². The van der Waals surface area contributed by atoms with E-state index in [2.05, 4.69) is 10.6 Å². The number of amides is 1. The normalized spacial score (nSPS) is 14.5. The van der Waals surface area contributed by atoms with Crippen LogP contribution in [0.25, 0.3) is 0 Å². The van der Waals surface area contributed by atoms with Gasteiger partial charge in [0.2, 0.25) is 5.91 Å². The lowest BCUT2D eigenvalue weighted by atomic mass is 10.1. The number of hydrogen-bond donors (Lipinski definition) is 2. The molecule has 0 saturated heterocycles. The molecule has 1 atom stereocenters. The zero-order chi connectivity index (χ0) is 19.2. The molecule has 1 amide bonds. The average molecular weight is 383 g/mol. The fourth-order valence-electron chi connectivity index (χ4n) is 2.55. The molecule has 26 heavy (non-hydrogen) atoms. The van der Waals surface area contributed by atoms with Gasteiger partial charge in [-0.2, -0.15) is 0 Å². The Kier molecular flexibility index (Phi) is 7.29. The van der Waals surface area contributed by atoms with E-state index >= 15 is 0 Å². The third-order valence-corrected chi connectivity index (χ3v) is 4.11. The number of carbonyl (C=O) groups is 2. The molecule has 0 spiro atoms. The maximum atomic E-state index is 12.0. The zero-order valence-corrected chi connectivity index (χ0v) is 16.3. The van der Waals surface area contributed by atoms with Gasteiger partial charge in [-0.1, -0.05) is 6.07 Å². The molecule has 0 fully saturated rings. The Morgan fingerprint density at radius 3 is 2.85 bits per heavy atom. The van der Waals surface area contributed by atoms with Crippen molar-refractivity contribution in [3.05, 3.63) is 23.8 Å². The van der Waals surface area contributed by atoms with Crippen molar-refractivity contribution in [2.75, 3.05) is 24.3 Å². The SMILES string of the molecule is CC(C)(C)NCC(COc1cccc2c1CC(=O)N2)OC(=O)CCCCl. The molecule has 1 aliphatic rings. The highest BCUT2D eigenvalue weighted by molar-refractivity contribution is 6.17. The smallest absolute Gasteiger partial charge is 0.306 e. The van der Waals surface area contributed by atoms with Crippen molar-refractivity contribution in [1.82, 2.24) is 5.32 Å². The highest BCUT2D eigenvalue weighted by atomic mass is 35.5. The summed E-state index contributed by atoms with van der Waals surface area (Å²) in [5, 5.41) is 6.13. The zero-order valence-electron chi connectivity index (χ0n) is 15.6. The molecule has 7 heteroatoms. The molecule has 1 aromatic rings. The summed E-state index contributed by atoms with van der Waals surface area (Å²) in [5.74, 6) is 0.728. The Labute approximate surface area is 159 Å².